The number of nitrogens with one attached hydrogen (secondary N) is 1. The fourth-order valence-electron chi connectivity index (χ4n) is 1.59. The molecule has 3 nitrogen and oxygen atoms in total. The van der Waals surface area contributed by atoms with Crippen molar-refractivity contribution in [1.82, 2.24) is 10.3 Å². The summed E-state index contributed by atoms with van der Waals surface area (Å²) < 4.78 is 0. The largest absolute Gasteiger partial charge is 0.346 e. The molecule has 0 aliphatic rings. The number of thiazole rings is 1. The average Bonchev–Trinajstić information content (AvgIpc) is 2.70. The first-order valence-corrected chi connectivity index (χ1v) is 7.64. The summed E-state index contributed by atoms with van der Waals surface area (Å²) >= 11 is 1.81. The lowest BCUT2D eigenvalue weighted by Gasteiger charge is -2.34. The molecule has 0 bridgehead atoms. The summed E-state index contributed by atoms with van der Waals surface area (Å²) in [5.74, 6) is 0. The van der Waals surface area contributed by atoms with Gasteiger partial charge < -0.3 is 10.2 Å². The monoisotopic (exact) mass is 269 g/mol. The summed E-state index contributed by atoms with van der Waals surface area (Å²) in [5, 5.41) is 4.58. The maximum absolute atomic E-state index is 4.71. The Morgan fingerprint density at radius 3 is 2.56 bits per heavy atom. The van der Waals surface area contributed by atoms with Gasteiger partial charge in [-0.2, -0.15) is 0 Å². The zero-order valence-electron chi connectivity index (χ0n) is 12.6. The molecule has 1 aromatic rings. The number of aromatic nitrogens is 1. The molecule has 1 N–H and O–H groups in total. The highest BCUT2D eigenvalue weighted by molar-refractivity contribution is 7.15. The van der Waals surface area contributed by atoms with Crippen molar-refractivity contribution >= 4 is 16.5 Å². The van der Waals surface area contributed by atoms with Crippen LogP contribution < -0.4 is 10.2 Å². The van der Waals surface area contributed by atoms with Crippen LogP contribution in [-0.2, 0) is 6.54 Å². The fourth-order valence-corrected chi connectivity index (χ4v) is 2.75. The molecule has 1 heterocycles. The second-order valence-electron chi connectivity index (χ2n) is 5.41. The summed E-state index contributed by atoms with van der Waals surface area (Å²) in [4.78, 5) is 8.37. The van der Waals surface area contributed by atoms with Crippen molar-refractivity contribution in [2.75, 3.05) is 18.5 Å². The molecule has 1 aromatic heterocycles. The SMILES string of the molecule is CCCNCc1sc(N(C)C(C)(C)CC)nc1C. The van der Waals surface area contributed by atoms with Gasteiger partial charge in [0.2, 0.25) is 0 Å². The lowest BCUT2D eigenvalue weighted by molar-refractivity contribution is 0.470. The molecular formula is C14H27N3S. The molecule has 0 unspecified atom stereocenters. The number of aryl methyl sites for hydroxylation is 1. The second kappa shape index (κ2) is 6.53. The van der Waals surface area contributed by atoms with Crippen molar-refractivity contribution in [2.45, 2.75) is 59.5 Å². The van der Waals surface area contributed by atoms with E-state index in [4.69, 9.17) is 4.98 Å². The highest BCUT2D eigenvalue weighted by Crippen LogP contribution is 2.30. The molecule has 0 aliphatic heterocycles. The Labute approximate surface area is 116 Å². The lowest BCUT2D eigenvalue weighted by atomic mass is 10.0. The molecule has 0 saturated heterocycles. The zero-order valence-corrected chi connectivity index (χ0v) is 13.4. The smallest absolute Gasteiger partial charge is 0.185 e. The van der Waals surface area contributed by atoms with Crippen LogP contribution in [0.4, 0.5) is 5.13 Å². The standard InChI is InChI=1S/C14H27N3S/c1-7-9-15-10-12-11(3)16-13(18-12)17(6)14(4,5)8-2/h15H,7-10H2,1-6H3. The molecule has 0 radical (unpaired) electrons. The van der Waals surface area contributed by atoms with Crippen LogP contribution in [0.3, 0.4) is 0 Å². The van der Waals surface area contributed by atoms with E-state index in [0.717, 1.165) is 30.3 Å². The van der Waals surface area contributed by atoms with Gasteiger partial charge in [-0.05, 0) is 40.2 Å². The lowest BCUT2D eigenvalue weighted by Crippen LogP contribution is -2.40. The zero-order chi connectivity index (χ0) is 13.8. The van der Waals surface area contributed by atoms with E-state index in [1.165, 1.54) is 11.3 Å². The predicted octanol–water partition coefficient (Wildman–Crippen LogP) is 3.58. The minimum Gasteiger partial charge on any atom is -0.346 e. The molecule has 0 aliphatic carbocycles. The average molecular weight is 269 g/mol. The second-order valence-corrected chi connectivity index (χ2v) is 6.47. The van der Waals surface area contributed by atoms with Gasteiger partial charge in [-0.1, -0.05) is 13.8 Å². The van der Waals surface area contributed by atoms with Gasteiger partial charge in [0.1, 0.15) is 0 Å². The van der Waals surface area contributed by atoms with Crippen LogP contribution in [0.15, 0.2) is 0 Å². The summed E-state index contributed by atoms with van der Waals surface area (Å²) in [6.45, 7) is 13.1. The third-order valence-corrected chi connectivity index (χ3v) is 4.89. The van der Waals surface area contributed by atoms with Crippen molar-refractivity contribution in [3.05, 3.63) is 10.6 Å². The molecule has 1 rings (SSSR count). The topological polar surface area (TPSA) is 28.2 Å². The van der Waals surface area contributed by atoms with Gasteiger partial charge in [0, 0.05) is 24.0 Å². The highest BCUT2D eigenvalue weighted by Gasteiger charge is 2.24. The summed E-state index contributed by atoms with van der Waals surface area (Å²) in [5.41, 5.74) is 1.33. The summed E-state index contributed by atoms with van der Waals surface area (Å²) in [7, 11) is 2.14. The first kappa shape index (κ1) is 15.4. The van der Waals surface area contributed by atoms with Crippen LogP contribution >= 0.6 is 11.3 Å². The normalized spacial score (nSPS) is 11.9. The van der Waals surface area contributed by atoms with E-state index >= 15 is 0 Å². The Bertz CT molecular complexity index is 371. The minimum absolute atomic E-state index is 0.165. The molecular weight excluding hydrogens is 242 g/mol. The first-order chi connectivity index (χ1) is 8.42. The summed E-state index contributed by atoms with van der Waals surface area (Å²) in [6, 6.07) is 0. The van der Waals surface area contributed by atoms with Crippen LogP contribution in [0, 0.1) is 6.92 Å². The molecule has 0 saturated carbocycles. The molecule has 4 heteroatoms. The van der Waals surface area contributed by atoms with Gasteiger partial charge in [0.05, 0.1) is 5.69 Å². The molecule has 0 aromatic carbocycles. The van der Waals surface area contributed by atoms with Crippen LogP contribution in [-0.4, -0.2) is 24.1 Å². The van der Waals surface area contributed by atoms with Crippen molar-refractivity contribution < 1.29 is 0 Å². The third kappa shape index (κ3) is 3.69. The molecule has 0 fully saturated rings. The number of anilines is 1. The Balaban J connectivity index is 2.77. The van der Waals surface area contributed by atoms with Crippen molar-refractivity contribution in [2.24, 2.45) is 0 Å². The van der Waals surface area contributed by atoms with Gasteiger partial charge in [0.25, 0.3) is 0 Å². The molecule has 0 amide bonds. The fraction of sp³-hybridized carbons (Fsp3) is 0.786. The minimum atomic E-state index is 0.165. The predicted molar refractivity (Wildman–Crippen MR) is 81.6 cm³/mol. The number of hydrogen-bond acceptors (Lipinski definition) is 4. The van der Waals surface area contributed by atoms with E-state index in [1.54, 1.807) is 0 Å². The van der Waals surface area contributed by atoms with Crippen LogP contribution in [0.5, 0.6) is 0 Å². The quantitative estimate of drug-likeness (QED) is 0.767. The van der Waals surface area contributed by atoms with Crippen LogP contribution in [0.1, 0.15) is 51.1 Å². The maximum Gasteiger partial charge on any atom is 0.185 e. The molecule has 0 atom stereocenters. The molecule has 18 heavy (non-hydrogen) atoms. The van der Waals surface area contributed by atoms with Gasteiger partial charge in [-0.3, -0.25) is 0 Å². The van der Waals surface area contributed by atoms with E-state index in [1.807, 2.05) is 11.3 Å². The van der Waals surface area contributed by atoms with Gasteiger partial charge in [-0.15, -0.1) is 11.3 Å². The van der Waals surface area contributed by atoms with Gasteiger partial charge in [0.15, 0.2) is 5.13 Å². The number of hydrogen-bond donors (Lipinski definition) is 1. The van der Waals surface area contributed by atoms with E-state index in [2.05, 4.69) is 51.9 Å². The molecule has 0 spiro atoms. The Morgan fingerprint density at radius 1 is 1.33 bits per heavy atom. The van der Waals surface area contributed by atoms with Gasteiger partial charge in [-0.25, -0.2) is 4.98 Å². The third-order valence-electron chi connectivity index (χ3n) is 3.65. The van der Waals surface area contributed by atoms with Crippen molar-refractivity contribution in [1.29, 1.82) is 0 Å². The van der Waals surface area contributed by atoms with E-state index < -0.39 is 0 Å². The summed E-state index contributed by atoms with van der Waals surface area (Å²) in [6.07, 6.45) is 2.29. The number of rotatable bonds is 7. The van der Waals surface area contributed by atoms with Crippen LogP contribution in [0.2, 0.25) is 0 Å². The highest BCUT2D eigenvalue weighted by atomic mass is 32.1. The van der Waals surface area contributed by atoms with Crippen molar-refractivity contribution in [3.8, 4) is 0 Å². The molecule has 104 valence electrons. The number of nitrogens with zero attached hydrogens (tertiary/aromatic N) is 2. The Hall–Kier alpha value is -0.610. The van der Waals surface area contributed by atoms with Gasteiger partial charge >= 0.3 is 0 Å². The van der Waals surface area contributed by atoms with E-state index in [9.17, 15) is 0 Å². The Kier molecular flexibility index (Phi) is 5.60. The van der Waals surface area contributed by atoms with E-state index in [-0.39, 0.29) is 5.54 Å². The van der Waals surface area contributed by atoms with Crippen molar-refractivity contribution in [3.63, 3.8) is 0 Å². The Morgan fingerprint density at radius 2 is 2.00 bits per heavy atom. The first-order valence-electron chi connectivity index (χ1n) is 6.83. The van der Waals surface area contributed by atoms with E-state index in [0.29, 0.717) is 0 Å². The maximum atomic E-state index is 4.71. The van der Waals surface area contributed by atoms with Crippen LogP contribution in [0.25, 0.3) is 0 Å².